The van der Waals surface area contributed by atoms with E-state index >= 15 is 0 Å². The molecule has 0 spiro atoms. The van der Waals surface area contributed by atoms with Crippen LogP contribution in [0.25, 0.3) is 10.9 Å². The zero-order chi connectivity index (χ0) is 15.4. The molecule has 0 saturated carbocycles. The van der Waals surface area contributed by atoms with Gasteiger partial charge in [-0.05, 0) is 31.5 Å². The maximum absolute atomic E-state index is 11.0. The zero-order valence-electron chi connectivity index (χ0n) is 11.4. The van der Waals surface area contributed by atoms with Crippen molar-refractivity contribution < 1.29 is 14.8 Å². The monoisotopic (exact) mass is 289 g/mol. The summed E-state index contributed by atoms with van der Waals surface area (Å²) in [6.45, 7) is 1.86. The van der Waals surface area contributed by atoms with Crippen LogP contribution in [0.4, 0.5) is 11.4 Å². The molecule has 1 heterocycles. The average Bonchev–Trinajstić information content (AvgIpc) is 2.45. The molecule has 0 saturated heterocycles. The van der Waals surface area contributed by atoms with E-state index in [1.807, 2.05) is 6.92 Å². The first-order valence-corrected chi connectivity index (χ1v) is 6.49. The van der Waals surface area contributed by atoms with Gasteiger partial charge < -0.3 is 10.4 Å². The highest BCUT2D eigenvalue weighted by Crippen LogP contribution is 2.30. The SMILES string of the molecule is CC(CCC(=O)O)Nc1ccc([N+](=O)[O-])c2cccnc12. The van der Waals surface area contributed by atoms with Crippen molar-refractivity contribution in [3.8, 4) is 0 Å². The van der Waals surface area contributed by atoms with Crippen LogP contribution in [0.2, 0.25) is 0 Å². The molecule has 0 bridgehead atoms. The lowest BCUT2D eigenvalue weighted by atomic mass is 10.1. The van der Waals surface area contributed by atoms with E-state index in [4.69, 9.17) is 5.11 Å². The molecule has 2 N–H and O–H groups in total. The predicted octanol–water partition coefficient (Wildman–Crippen LogP) is 2.81. The summed E-state index contributed by atoms with van der Waals surface area (Å²) in [5.41, 5.74) is 1.17. The van der Waals surface area contributed by atoms with Crippen LogP contribution in [-0.4, -0.2) is 27.0 Å². The molecule has 0 aliphatic heterocycles. The number of nitrogens with zero attached hydrogens (tertiary/aromatic N) is 2. The lowest BCUT2D eigenvalue weighted by Crippen LogP contribution is -2.17. The van der Waals surface area contributed by atoms with Crippen molar-refractivity contribution in [3.05, 3.63) is 40.6 Å². The normalized spacial score (nSPS) is 12.0. The van der Waals surface area contributed by atoms with Crippen molar-refractivity contribution in [1.29, 1.82) is 0 Å². The number of benzene rings is 1. The third-order valence-corrected chi connectivity index (χ3v) is 3.14. The molecule has 2 aromatic rings. The highest BCUT2D eigenvalue weighted by atomic mass is 16.6. The average molecular weight is 289 g/mol. The topological polar surface area (TPSA) is 105 Å². The van der Waals surface area contributed by atoms with E-state index < -0.39 is 10.9 Å². The van der Waals surface area contributed by atoms with Crippen molar-refractivity contribution in [2.24, 2.45) is 0 Å². The van der Waals surface area contributed by atoms with Gasteiger partial charge in [0, 0.05) is 24.7 Å². The van der Waals surface area contributed by atoms with Crippen LogP contribution in [0.15, 0.2) is 30.5 Å². The molecule has 0 aliphatic rings. The molecular formula is C14H15N3O4. The fourth-order valence-electron chi connectivity index (χ4n) is 2.11. The van der Waals surface area contributed by atoms with Gasteiger partial charge in [0.05, 0.1) is 16.0 Å². The molecule has 1 unspecified atom stereocenters. The Hall–Kier alpha value is -2.70. The molecule has 1 atom stereocenters. The Kier molecular flexibility index (Phi) is 4.32. The lowest BCUT2D eigenvalue weighted by Gasteiger charge is -2.15. The van der Waals surface area contributed by atoms with Crippen LogP contribution < -0.4 is 5.32 Å². The number of rotatable bonds is 6. The molecule has 7 heteroatoms. The van der Waals surface area contributed by atoms with Gasteiger partial charge in [-0.2, -0.15) is 0 Å². The zero-order valence-corrected chi connectivity index (χ0v) is 11.4. The number of fused-ring (bicyclic) bond motifs is 1. The lowest BCUT2D eigenvalue weighted by molar-refractivity contribution is -0.383. The van der Waals surface area contributed by atoms with Gasteiger partial charge in [0.1, 0.15) is 5.52 Å². The summed E-state index contributed by atoms with van der Waals surface area (Å²) in [6, 6.07) is 6.24. The fraction of sp³-hybridized carbons (Fsp3) is 0.286. The Bertz CT molecular complexity index is 687. The summed E-state index contributed by atoms with van der Waals surface area (Å²) < 4.78 is 0. The summed E-state index contributed by atoms with van der Waals surface area (Å²) in [4.78, 5) is 25.3. The highest BCUT2D eigenvalue weighted by Gasteiger charge is 2.16. The second-order valence-corrected chi connectivity index (χ2v) is 4.77. The van der Waals surface area contributed by atoms with Crippen molar-refractivity contribution in [3.63, 3.8) is 0 Å². The smallest absolute Gasteiger partial charge is 0.303 e. The summed E-state index contributed by atoms with van der Waals surface area (Å²) >= 11 is 0. The summed E-state index contributed by atoms with van der Waals surface area (Å²) in [5, 5.41) is 23.3. The maximum Gasteiger partial charge on any atom is 0.303 e. The van der Waals surface area contributed by atoms with Gasteiger partial charge in [-0.1, -0.05) is 0 Å². The van der Waals surface area contributed by atoms with E-state index in [1.54, 1.807) is 24.4 Å². The summed E-state index contributed by atoms with van der Waals surface area (Å²) in [5.74, 6) is -0.852. The van der Waals surface area contributed by atoms with Crippen molar-refractivity contribution in [1.82, 2.24) is 4.98 Å². The largest absolute Gasteiger partial charge is 0.481 e. The number of aliphatic carboxylic acids is 1. The van der Waals surface area contributed by atoms with Crippen molar-refractivity contribution in [2.75, 3.05) is 5.32 Å². The van der Waals surface area contributed by atoms with Gasteiger partial charge in [-0.3, -0.25) is 19.9 Å². The minimum Gasteiger partial charge on any atom is -0.481 e. The number of carboxylic acids is 1. The molecule has 0 amide bonds. The molecule has 0 radical (unpaired) electrons. The first-order valence-electron chi connectivity index (χ1n) is 6.49. The predicted molar refractivity (Wildman–Crippen MR) is 78.4 cm³/mol. The van der Waals surface area contributed by atoms with Gasteiger partial charge in [0.2, 0.25) is 0 Å². The number of pyridine rings is 1. The Labute approximate surface area is 120 Å². The van der Waals surface area contributed by atoms with Crippen LogP contribution in [-0.2, 0) is 4.79 Å². The second kappa shape index (κ2) is 6.17. The number of hydrogen-bond donors (Lipinski definition) is 2. The Morgan fingerprint density at radius 3 is 2.90 bits per heavy atom. The van der Waals surface area contributed by atoms with E-state index in [0.717, 1.165) is 0 Å². The van der Waals surface area contributed by atoms with E-state index in [-0.39, 0.29) is 18.2 Å². The number of nitro benzene ring substituents is 1. The Morgan fingerprint density at radius 2 is 2.24 bits per heavy atom. The van der Waals surface area contributed by atoms with Crippen molar-refractivity contribution >= 4 is 28.2 Å². The molecule has 21 heavy (non-hydrogen) atoms. The second-order valence-electron chi connectivity index (χ2n) is 4.77. The van der Waals surface area contributed by atoms with Gasteiger partial charge in [-0.15, -0.1) is 0 Å². The molecule has 0 aliphatic carbocycles. The minimum absolute atomic E-state index is 0.00170. The summed E-state index contributed by atoms with van der Waals surface area (Å²) in [7, 11) is 0. The van der Waals surface area contributed by atoms with Crippen LogP contribution in [0.1, 0.15) is 19.8 Å². The summed E-state index contributed by atoms with van der Waals surface area (Å²) in [6.07, 6.45) is 2.09. The third-order valence-electron chi connectivity index (χ3n) is 3.14. The number of nitro groups is 1. The number of carboxylic acid groups (broad SMARTS) is 1. The standard InChI is InChI=1S/C14H15N3O4/c1-9(4-7-13(18)19)16-11-5-6-12(17(20)21)10-3-2-8-15-14(10)11/h2-3,5-6,8-9,16H,4,7H2,1H3,(H,18,19). The fourth-order valence-corrected chi connectivity index (χ4v) is 2.11. The van der Waals surface area contributed by atoms with Crippen molar-refractivity contribution in [2.45, 2.75) is 25.8 Å². The number of carbonyl (C=O) groups is 1. The molecule has 0 fully saturated rings. The van der Waals surface area contributed by atoms with Gasteiger partial charge in [-0.25, -0.2) is 0 Å². The van der Waals surface area contributed by atoms with Gasteiger partial charge in [0.15, 0.2) is 0 Å². The maximum atomic E-state index is 11.0. The molecule has 1 aromatic carbocycles. The highest BCUT2D eigenvalue weighted by molar-refractivity contribution is 5.96. The van der Waals surface area contributed by atoms with Gasteiger partial charge >= 0.3 is 5.97 Å². The first-order chi connectivity index (χ1) is 9.99. The number of hydrogen-bond acceptors (Lipinski definition) is 5. The molecule has 2 rings (SSSR count). The minimum atomic E-state index is -0.852. The molecule has 1 aromatic heterocycles. The van der Waals surface area contributed by atoms with Gasteiger partial charge in [0.25, 0.3) is 5.69 Å². The number of anilines is 1. The molecular weight excluding hydrogens is 274 g/mol. The van der Waals surface area contributed by atoms with Crippen LogP contribution in [0.3, 0.4) is 0 Å². The van der Waals surface area contributed by atoms with E-state index in [1.165, 1.54) is 6.07 Å². The van der Waals surface area contributed by atoms with E-state index in [9.17, 15) is 14.9 Å². The Balaban J connectivity index is 2.31. The first kappa shape index (κ1) is 14.7. The third kappa shape index (κ3) is 3.44. The number of nitrogens with one attached hydrogen (secondary N) is 1. The molecule has 7 nitrogen and oxygen atoms in total. The molecule has 110 valence electrons. The van der Waals surface area contributed by atoms with Crippen LogP contribution in [0, 0.1) is 10.1 Å². The van der Waals surface area contributed by atoms with Crippen LogP contribution in [0.5, 0.6) is 0 Å². The number of non-ortho nitro benzene ring substituents is 1. The number of aromatic nitrogens is 1. The van der Waals surface area contributed by atoms with Crippen LogP contribution >= 0.6 is 0 Å². The quantitative estimate of drug-likeness (QED) is 0.625. The Morgan fingerprint density at radius 1 is 1.48 bits per heavy atom. The van der Waals surface area contributed by atoms with E-state index in [2.05, 4.69) is 10.3 Å². The van der Waals surface area contributed by atoms with E-state index in [0.29, 0.717) is 23.0 Å².